The van der Waals surface area contributed by atoms with Crippen LogP contribution in [0, 0.1) is 0 Å². The molecule has 1 aromatic heterocycles. The average molecular weight is 582 g/mol. The first kappa shape index (κ1) is 30.4. The second kappa shape index (κ2) is 16.0. The Balaban J connectivity index is 1.17. The van der Waals surface area contributed by atoms with Gasteiger partial charge in [-0.2, -0.15) is 0 Å². The van der Waals surface area contributed by atoms with Crippen LogP contribution in [-0.4, -0.2) is 52.1 Å². The Morgan fingerprint density at radius 2 is 1.37 bits per heavy atom. The van der Waals surface area contributed by atoms with Crippen LogP contribution in [0.2, 0.25) is 0 Å². The van der Waals surface area contributed by atoms with Crippen molar-refractivity contribution in [3.05, 3.63) is 114 Å². The Morgan fingerprint density at radius 3 is 2.12 bits per heavy atom. The molecule has 0 bridgehead atoms. The third-order valence-electron chi connectivity index (χ3n) is 7.75. The van der Waals surface area contributed by atoms with Crippen LogP contribution in [0.15, 0.2) is 91.1 Å². The number of ether oxygens (including phenoxy) is 4. The van der Waals surface area contributed by atoms with Crippen molar-refractivity contribution in [3.8, 4) is 11.5 Å². The second-order valence-corrected chi connectivity index (χ2v) is 10.8. The van der Waals surface area contributed by atoms with Crippen LogP contribution in [0.25, 0.3) is 0 Å². The van der Waals surface area contributed by atoms with Gasteiger partial charge in [0.15, 0.2) is 0 Å². The average Bonchev–Trinajstić information content (AvgIpc) is 3.60. The number of pyridine rings is 1. The molecule has 0 atom stereocenters. The zero-order chi connectivity index (χ0) is 29.7. The molecule has 1 aliphatic heterocycles. The normalized spacial score (nSPS) is 12.8. The largest absolute Gasteiger partial charge is 0.497 e. The van der Waals surface area contributed by atoms with Gasteiger partial charge in [-0.1, -0.05) is 36.4 Å². The molecule has 43 heavy (non-hydrogen) atoms. The zero-order valence-corrected chi connectivity index (χ0v) is 25.4. The SMILES string of the molecule is COc1cccc(CCOCCOCc2cc(N(Cc3ccc(N4CCCC4)cc3)Cc3cccc(OC)c3)ccn2)c1. The van der Waals surface area contributed by atoms with Crippen LogP contribution < -0.4 is 19.3 Å². The van der Waals surface area contributed by atoms with E-state index >= 15 is 0 Å². The molecule has 0 amide bonds. The van der Waals surface area contributed by atoms with Crippen LogP contribution in [0.1, 0.15) is 35.2 Å². The van der Waals surface area contributed by atoms with Crippen LogP contribution in [0.4, 0.5) is 11.4 Å². The standard InChI is InChI=1S/C36H43N3O4/c1-40-35-9-5-7-29(23-35)16-20-42-21-22-43-28-32-25-34(15-17-37-32)39(27-31-8-6-10-36(24-31)41-2)26-30-11-13-33(14-12-30)38-18-3-4-19-38/h5-15,17,23-25H,3-4,16,18-22,26-28H2,1-2H3. The number of methoxy groups -OCH3 is 2. The maximum absolute atomic E-state index is 5.92. The molecule has 0 saturated carbocycles. The van der Waals surface area contributed by atoms with Gasteiger partial charge < -0.3 is 28.7 Å². The summed E-state index contributed by atoms with van der Waals surface area (Å²) >= 11 is 0. The van der Waals surface area contributed by atoms with E-state index in [0.717, 1.165) is 55.5 Å². The fraction of sp³-hybridized carbons (Fsp3) is 0.361. The Bertz CT molecular complexity index is 1410. The summed E-state index contributed by atoms with van der Waals surface area (Å²) in [5, 5.41) is 0. The van der Waals surface area contributed by atoms with E-state index in [2.05, 4.69) is 69.4 Å². The molecule has 0 aliphatic carbocycles. The highest BCUT2D eigenvalue weighted by molar-refractivity contribution is 5.51. The maximum atomic E-state index is 5.92. The highest BCUT2D eigenvalue weighted by Gasteiger charge is 2.14. The van der Waals surface area contributed by atoms with E-state index in [1.807, 2.05) is 36.5 Å². The molecule has 0 unspecified atom stereocenters. The van der Waals surface area contributed by atoms with Crippen molar-refractivity contribution in [1.29, 1.82) is 0 Å². The predicted molar refractivity (Wildman–Crippen MR) is 172 cm³/mol. The zero-order valence-electron chi connectivity index (χ0n) is 25.4. The minimum absolute atomic E-state index is 0.435. The van der Waals surface area contributed by atoms with Crippen LogP contribution in [0.5, 0.6) is 11.5 Å². The summed E-state index contributed by atoms with van der Waals surface area (Å²) in [6, 6.07) is 29.6. The summed E-state index contributed by atoms with van der Waals surface area (Å²) in [5.41, 5.74) is 6.97. The molecule has 1 fully saturated rings. The summed E-state index contributed by atoms with van der Waals surface area (Å²) in [7, 11) is 3.39. The van der Waals surface area contributed by atoms with Crippen molar-refractivity contribution in [1.82, 2.24) is 4.98 Å². The predicted octanol–water partition coefficient (Wildman–Crippen LogP) is 6.68. The third kappa shape index (κ3) is 9.21. The van der Waals surface area contributed by atoms with E-state index < -0.39 is 0 Å². The van der Waals surface area contributed by atoms with Crippen molar-refractivity contribution < 1.29 is 18.9 Å². The molecule has 7 nitrogen and oxygen atoms in total. The Kier molecular flexibility index (Phi) is 11.3. The summed E-state index contributed by atoms with van der Waals surface area (Å²) in [4.78, 5) is 9.43. The van der Waals surface area contributed by atoms with E-state index in [1.54, 1.807) is 14.2 Å². The molecule has 0 N–H and O–H groups in total. The van der Waals surface area contributed by atoms with Gasteiger partial charge in [0, 0.05) is 43.8 Å². The van der Waals surface area contributed by atoms with E-state index in [-0.39, 0.29) is 0 Å². The number of benzene rings is 3. The van der Waals surface area contributed by atoms with Gasteiger partial charge in [-0.05, 0) is 84.5 Å². The molecule has 4 aromatic rings. The van der Waals surface area contributed by atoms with Crippen LogP contribution in [0.3, 0.4) is 0 Å². The van der Waals surface area contributed by atoms with Crippen molar-refractivity contribution >= 4 is 11.4 Å². The number of hydrogen-bond acceptors (Lipinski definition) is 7. The van der Waals surface area contributed by atoms with Gasteiger partial charge in [-0.3, -0.25) is 4.98 Å². The lowest BCUT2D eigenvalue weighted by Gasteiger charge is -2.26. The van der Waals surface area contributed by atoms with E-state index in [0.29, 0.717) is 26.4 Å². The summed E-state index contributed by atoms with van der Waals surface area (Å²) in [5.74, 6) is 1.73. The van der Waals surface area contributed by atoms with Crippen molar-refractivity contribution in [2.75, 3.05) is 56.9 Å². The fourth-order valence-electron chi connectivity index (χ4n) is 5.39. The lowest BCUT2D eigenvalue weighted by atomic mass is 10.1. The molecular weight excluding hydrogens is 538 g/mol. The molecule has 7 heteroatoms. The van der Waals surface area contributed by atoms with Gasteiger partial charge >= 0.3 is 0 Å². The number of rotatable bonds is 16. The monoisotopic (exact) mass is 581 g/mol. The lowest BCUT2D eigenvalue weighted by molar-refractivity contribution is 0.0405. The second-order valence-electron chi connectivity index (χ2n) is 10.8. The van der Waals surface area contributed by atoms with E-state index in [9.17, 15) is 0 Å². The van der Waals surface area contributed by atoms with Crippen LogP contribution in [-0.2, 0) is 35.6 Å². The molecule has 1 aliphatic rings. The molecule has 0 radical (unpaired) electrons. The molecule has 5 rings (SSSR count). The number of anilines is 2. The van der Waals surface area contributed by atoms with Crippen LogP contribution >= 0.6 is 0 Å². The highest BCUT2D eigenvalue weighted by Crippen LogP contribution is 2.25. The molecule has 0 spiro atoms. The van der Waals surface area contributed by atoms with Crippen molar-refractivity contribution in [2.24, 2.45) is 0 Å². The quantitative estimate of drug-likeness (QED) is 0.137. The van der Waals surface area contributed by atoms with Crippen molar-refractivity contribution in [3.63, 3.8) is 0 Å². The van der Waals surface area contributed by atoms with Crippen molar-refractivity contribution in [2.45, 2.75) is 39.0 Å². The Hall–Kier alpha value is -4.07. The Labute approximate surface area is 256 Å². The van der Waals surface area contributed by atoms with Gasteiger partial charge in [0.1, 0.15) is 11.5 Å². The number of aromatic nitrogens is 1. The van der Waals surface area contributed by atoms with E-state index in [1.165, 1.54) is 35.2 Å². The molecule has 1 saturated heterocycles. The summed E-state index contributed by atoms with van der Waals surface area (Å²) in [6.45, 7) is 5.96. The van der Waals surface area contributed by atoms with Gasteiger partial charge in [0.2, 0.25) is 0 Å². The van der Waals surface area contributed by atoms with E-state index in [4.69, 9.17) is 18.9 Å². The van der Waals surface area contributed by atoms with Gasteiger partial charge in [-0.25, -0.2) is 0 Å². The van der Waals surface area contributed by atoms with Gasteiger partial charge in [-0.15, -0.1) is 0 Å². The third-order valence-corrected chi connectivity index (χ3v) is 7.75. The van der Waals surface area contributed by atoms with Gasteiger partial charge in [0.05, 0.1) is 46.3 Å². The summed E-state index contributed by atoms with van der Waals surface area (Å²) in [6.07, 6.45) is 5.27. The smallest absolute Gasteiger partial charge is 0.119 e. The minimum atomic E-state index is 0.435. The molecule has 2 heterocycles. The summed E-state index contributed by atoms with van der Waals surface area (Å²) < 4.78 is 22.5. The highest BCUT2D eigenvalue weighted by atomic mass is 16.5. The minimum Gasteiger partial charge on any atom is -0.497 e. The maximum Gasteiger partial charge on any atom is 0.119 e. The number of nitrogens with zero attached hydrogens (tertiary/aromatic N) is 3. The Morgan fingerprint density at radius 1 is 0.698 bits per heavy atom. The van der Waals surface area contributed by atoms with Gasteiger partial charge in [0.25, 0.3) is 0 Å². The molecule has 3 aromatic carbocycles. The first-order chi connectivity index (χ1) is 21.2. The first-order valence-corrected chi connectivity index (χ1v) is 15.2. The topological polar surface area (TPSA) is 56.3 Å². The first-order valence-electron chi connectivity index (χ1n) is 15.2. The number of hydrogen-bond donors (Lipinski definition) is 0. The molecule has 226 valence electrons. The lowest BCUT2D eigenvalue weighted by Crippen LogP contribution is -2.23. The fourth-order valence-corrected chi connectivity index (χ4v) is 5.39. The molecular formula is C36H43N3O4.